The largest absolute Gasteiger partial charge is 0.492 e. The zero-order valence-electron chi connectivity index (χ0n) is 20.7. The van der Waals surface area contributed by atoms with E-state index in [9.17, 15) is 9.18 Å². The summed E-state index contributed by atoms with van der Waals surface area (Å²) in [4.78, 5) is 19.8. The number of aromatic amines is 1. The van der Waals surface area contributed by atoms with Crippen LogP contribution in [-0.2, 0) is 4.74 Å². The predicted octanol–water partition coefficient (Wildman–Crippen LogP) is 2.20. The van der Waals surface area contributed by atoms with Gasteiger partial charge in [0.15, 0.2) is 29.0 Å². The summed E-state index contributed by atoms with van der Waals surface area (Å²) in [6.07, 6.45) is 1.49. The Balaban J connectivity index is 1.84. The lowest BCUT2D eigenvalue weighted by Gasteiger charge is -2.22. The van der Waals surface area contributed by atoms with Gasteiger partial charge in [-0.15, -0.1) is 5.10 Å². The van der Waals surface area contributed by atoms with E-state index in [1.54, 1.807) is 36.4 Å². The molecule has 0 saturated carbocycles. The molecule has 0 amide bonds. The predicted molar refractivity (Wildman–Crippen MR) is 140 cm³/mol. The number of H-pyrrole nitrogens is 1. The Kier molecular flexibility index (Phi) is 7.87. The average molecular weight is 523 g/mol. The highest BCUT2D eigenvalue weighted by molar-refractivity contribution is 5.95. The lowest BCUT2D eigenvalue weighted by atomic mass is 10.0. The van der Waals surface area contributed by atoms with Gasteiger partial charge in [-0.3, -0.25) is 10.4 Å². The molecule has 4 rings (SSSR count). The van der Waals surface area contributed by atoms with Crippen molar-refractivity contribution >= 4 is 17.2 Å². The smallest absolute Gasteiger partial charge is 0.349 e. The second-order valence-corrected chi connectivity index (χ2v) is 8.05. The number of hydrogen-bond donors (Lipinski definition) is 5. The number of nitrogens with zero attached hydrogens (tertiary/aromatic N) is 3. The number of nitrogens with one attached hydrogen (secondary N) is 3. The molecule has 198 valence electrons. The number of rotatable bonds is 11. The molecule has 2 heterocycles. The second-order valence-electron chi connectivity index (χ2n) is 8.05. The third-order valence-electron chi connectivity index (χ3n) is 5.58. The van der Waals surface area contributed by atoms with Crippen LogP contribution in [-0.4, -0.2) is 53.0 Å². The molecular formula is C25H27FN8O4. The quantitative estimate of drug-likeness (QED) is 0.112. The molecule has 7 N–H and O–H groups in total. The minimum Gasteiger partial charge on any atom is -0.492 e. The van der Waals surface area contributed by atoms with Gasteiger partial charge in [0.05, 0.1) is 19.4 Å². The molecule has 0 bridgehead atoms. The van der Waals surface area contributed by atoms with Crippen molar-refractivity contribution in [3.8, 4) is 17.3 Å². The van der Waals surface area contributed by atoms with Crippen molar-refractivity contribution in [1.82, 2.24) is 19.7 Å². The lowest BCUT2D eigenvalue weighted by Crippen LogP contribution is -2.18. The molecule has 13 heteroatoms. The SMILES string of the molecule is COCCOc1c(F)ccc(C(Nc2ccc(C(=N)N)cc2)c2nn(-c3ncccc3N)c(=O)[nH]2)c1OC. The average Bonchev–Trinajstić information content (AvgIpc) is 3.29. The van der Waals surface area contributed by atoms with E-state index >= 15 is 0 Å². The van der Waals surface area contributed by atoms with Crippen molar-refractivity contribution < 1.29 is 18.6 Å². The summed E-state index contributed by atoms with van der Waals surface area (Å²) in [5.74, 6) is -0.403. The van der Waals surface area contributed by atoms with Crippen molar-refractivity contribution in [2.45, 2.75) is 6.04 Å². The molecule has 0 aliphatic rings. The number of hydrogen-bond acceptors (Lipinski definition) is 9. The number of aromatic nitrogens is 4. The Bertz CT molecular complexity index is 1490. The van der Waals surface area contributed by atoms with E-state index < -0.39 is 17.5 Å². The molecule has 1 atom stereocenters. The summed E-state index contributed by atoms with van der Waals surface area (Å²) in [5.41, 5.74) is 12.8. The zero-order chi connectivity index (χ0) is 27.2. The Labute approximate surface area is 216 Å². The number of benzene rings is 2. The van der Waals surface area contributed by atoms with E-state index in [1.165, 1.54) is 32.5 Å². The summed E-state index contributed by atoms with van der Waals surface area (Å²) in [6.45, 7) is 0.322. The minimum absolute atomic E-state index is 0.0813. The molecule has 0 radical (unpaired) electrons. The van der Waals surface area contributed by atoms with Crippen molar-refractivity contribution in [2.75, 3.05) is 38.5 Å². The first-order valence-electron chi connectivity index (χ1n) is 11.4. The molecule has 0 aliphatic heterocycles. The molecule has 12 nitrogen and oxygen atoms in total. The summed E-state index contributed by atoms with van der Waals surface area (Å²) in [7, 11) is 2.89. The van der Waals surface area contributed by atoms with Crippen LogP contribution in [0.25, 0.3) is 5.82 Å². The maximum atomic E-state index is 14.8. The highest BCUT2D eigenvalue weighted by atomic mass is 19.1. The number of nitrogen functional groups attached to an aromatic ring is 2. The van der Waals surface area contributed by atoms with Crippen LogP contribution in [0.15, 0.2) is 59.5 Å². The van der Waals surface area contributed by atoms with Gasteiger partial charge in [-0.05, 0) is 48.5 Å². The van der Waals surface area contributed by atoms with Crippen LogP contribution in [0.5, 0.6) is 11.5 Å². The van der Waals surface area contributed by atoms with E-state index in [0.29, 0.717) is 16.8 Å². The fourth-order valence-corrected chi connectivity index (χ4v) is 3.76. The summed E-state index contributed by atoms with van der Waals surface area (Å²) < 4.78 is 32.0. The topological polar surface area (TPSA) is 179 Å². The first-order valence-corrected chi connectivity index (χ1v) is 11.4. The Morgan fingerprint density at radius 3 is 2.58 bits per heavy atom. The van der Waals surface area contributed by atoms with Gasteiger partial charge in [0, 0.05) is 30.1 Å². The minimum atomic E-state index is -0.850. The van der Waals surface area contributed by atoms with Crippen LogP contribution in [0.1, 0.15) is 23.0 Å². The van der Waals surface area contributed by atoms with Gasteiger partial charge in [0.1, 0.15) is 18.5 Å². The van der Waals surface area contributed by atoms with Gasteiger partial charge in [0.2, 0.25) is 0 Å². The number of pyridine rings is 1. The van der Waals surface area contributed by atoms with Crippen LogP contribution >= 0.6 is 0 Å². The van der Waals surface area contributed by atoms with Crippen molar-refractivity contribution in [3.63, 3.8) is 0 Å². The molecule has 2 aromatic heterocycles. The number of nitrogens with two attached hydrogens (primary N) is 2. The molecule has 1 unspecified atom stereocenters. The van der Waals surface area contributed by atoms with Crippen LogP contribution < -0.4 is 31.9 Å². The standard InChI is InChI=1S/C25H27FN8O4/c1-36-12-13-38-21-17(26)10-9-16(20(21)37-2)19(31-15-7-5-14(6-8-15)22(28)29)23-32-25(35)34(33-23)24-18(27)4-3-11-30-24/h3-11,19,31H,12-13,27H2,1-2H3,(H3,28,29)(H,32,33,35). The monoisotopic (exact) mass is 522 g/mol. The van der Waals surface area contributed by atoms with Gasteiger partial charge in [-0.2, -0.15) is 4.68 Å². The molecular weight excluding hydrogens is 495 g/mol. The van der Waals surface area contributed by atoms with Crippen LogP contribution in [0.4, 0.5) is 15.8 Å². The molecule has 0 fully saturated rings. The first-order chi connectivity index (χ1) is 18.3. The van der Waals surface area contributed by atoms with Crippen molar-refractivity contribution in [3.05, 3.63) is 88.0 Å². The number of anilines is 2. The maximum Gasteiger partial charge on any atom is 0.349 e. The highest BCUT2D eigenvalue weighted by Crippen LogP contribution is 2.40. The fourth-order valence-electron chi connectivity index (χ4n) is 3.76. The number of amidine groups is 1. The van der Waals surface area contributed by atoms with Crippen LogP contribution in [0, 0.1) is 11.2 Å². The van der Waals surface area contributed by atoms with Gasteiger partial charge in [0.25, 0.3) is 0 Å². The van der Waals surface area contributed by atoms with Crippen molar-refractivity contribution in [1.29, 1.82) is 5.41 Å². The summed E-state index contributed by atoms with van der Waals surface area (Å²) >= 11 is 0. The summed E-state index contributed by atoms with van der Waals surface area (Å²) in [5, 5.41) is 15.3. The van der Waals surface area contributed by atoms with Gasteiger partial charge in [-0.25, -0.2) is 14.2 Å². The molecule has 0 aliphatic carbocycles. The lowest BCUT2D eigenvalue weighted by molar-refractivity contribution is 0.141. The first kappa shape index (κ1) is 26.2. The van der Waals surface area contributed by atoms with E-state index in [4.69, 9.17) is 31.1 Å². The Morgan fingerprint density at radius 2 is 1.92 bits per heavy atom. The number of ether oxygens (including phenoxy) is 3. The fraction of sp³-hybridized carbons (Fsp3) is 0.200. The van der Waals surface area contributed by atoms with E-state index in [-0.39, 0.29) is 47.9 Å². The number of halogens is 1. The third kappa shape index (κ3) is 5.42. The van der Waals surface area contributed by atoms with E-state index in [1.807, 2.05) is 0 Å². The van der Waals surface area contributed by atoms with Gasteiger partial charge in [-0.1, -0.05) is 0 Å². The molecule has 38 heavy (non-hydrogen) atoms. The third-order valence-corrected chi connectivity index (χ3v) is 5.58. The highest BCUT2D eigenvalue weighted by Gasteiger charge is 2.27. The maximum absolute atomic E-state index is 14.8. The van der Waals surface area contributed by atoms with E-state index in [2.05, 4.69) is 20.4 Å². The van der Waals surface area contributed by atoms with Gasteiger partial charge >= 0.3 is 5.69 Å². The molecule has 0 saturated heterocycles. The Hall–Kier alpha value is -4.91. The normalized spacial score (nSPS) is 11.7. The zero-order valence-corrected chi connectivity index (χ0v) is 20.7. The van der Waals surface area contributed by atoms with Gasteiger partial charge < -0.3 is 31.0 Å². The molecule has 2 aromatic carbocycles. The van der Waals surface area contributed by atoms with E-state index in [0.717, 1.165) is 4.68 Å². The Morgan fingerprint density at radius 1 is 1.16 bits per heavy atom. The molecule has 0 spiro atoms. The molecule has 4 aromatic rings. The summed E-state index contributed by atoms with van der Waals surface area (Å²) in [6, 6.07) is 11.9. The second kappa shape index (κ2) is 11.4. The van der Waals surface area contributed by atoms with Crippen molar-refractivity contribution in [2.24, 2.45) is 5.73 Å². The van der Waals surface area contributed by atoms with Crippen LogP contribution in [0.2, 0.25) is 0 Å². The van der Waals surface area contributed by atoms with Crippen LogP contribution in [0.3, 0.4) is 0 Å². The number of methoxy groups -OCH3 is 2.